The maximum Gasteiger partial charge on any atom is 0.277 e. The highest BCUT2D eigenvalue weighted by Gasteiger charge is 2.27. The molecule has 0 N–H and O–H groups in total. The molecule has 8 heteroatoms. The second-order valence-corrected chi connectivity index (χ2v) is 10.9. The van der Waals surface area contributed by atoms with Crippen molar-refractivity contribution in [3.8, 4) is 21.1 Å². The van der Waals surface area contributed by atoms with E-state index >= 15 is 0 Å². The number of amides is 1. The molecule has 0 spiro atoms. The summed E-state index contributed by atoms with van der Waals surface area (Å²) in [5.74, 6) is 0.719. The third-order valence-electron chi connectivity index (χ3n) is 7.66. The number of carbonyl (C=O) groups excluding carboxylic acids is 1. The number of hydrogen-bond donors (Lipinski definition) is 0. The Kier molecular flexibility index (Phi) is 7.65. The van der Waals surface area contributed by atoms with Crippen molar-refractivity contribution in [3.63, 3.8) is 0 Å². The van der Waals surface area contributed by atoms with Gasteiger partial charge >= 0.3 is 0 Å². The molecule has 1 amide bonds. The van der Waals surface area contributed by atoms with Crippen LogP contribution >= 0.6 is 11.3 Å². The van der Waals surface area contributed by atoms with Crippen LogP contribution in [0, 0.1) is 5.92 Å². The summed E-state index contributed by atoms with van der Waals surface area (Å²) in [6, 6.07) is 16.9. The van der Waals surface area contributed by atoms with E-state index in [9.17, 15) is 4.79 Å². The van der Waals surface area contributed by atoms with Crippen LogP contribution in [0.5, 0.6) is 0 Å². The van der Waals surface area contributed by atoms with E-state index < -0.39 is 0 Å². The van der Waals surface area contributed by atoms with Crippen molar-refractivity contribution in [2.75, 3.05) is 45.2 Å². The molecule has 2 heterocycles. The third kappa shape index (κ3) is 5.45. The van der Waals surface area contributed by atoms with Crippen molar-refractivity contribution >= 4 is 22.9 Å². The summed E-state index contributed by atoms with van der Waals surface area (Å²) in [4.78, 5) is 22.4. The molecule has 2 fully saturated rings. The van der Waals surface area contributed by atoms with E-state index in [4.69, 9.17) is 4.84 Å². The van der Waals surface area contributed by atoms with Crippen LogP contribution in [0.2, 0.25) is 0 Å². The Bertz CT molecular complexity index is 1150. The van der Waals surface area contributed by atoms with E-state index in [0.717, 1.165) is 59.3 Å². The number of nitrogens with zero attached hydrogens (tertiary/aromatic N) is 5. The van der Waals surface area contributed by atoms with E-state index in [-0.39, 0.29) is 5.91 Å². The number of hydrogen-bond acceptors (Lipinski definition) is 7. The fraction of sp³-hybridized carbons (Fsp3) is 0.464. The minimum absolute atomic E-state index is 0.188. The molecule has 5 rings (SSSR count). The van der Waals surface area contributed by atoms with E-state index in [1.54, 1.807) is 30.5 Å². The van der Waals surface area contributed by atoms with E-state index in [2.05, 4.69) is 51.2 Å². The molecular weight excluding hydrogens is 470 g/mol. The van der Waals surface area contributed by atoms with Gasteiger partial charge in [0.2, 0.25) is 0 Å². The van der Waals surface area contributed by atoms with Gasteiger partial charge in [0.25, 0.3) is 5.91 Å². The van der Waals surface area contributed by atoms with Crippen LogP contribution in [-0.4, -0.2) is 72.4 Å². The normalized spacial score (nSPS) is 20.9. The number of aromatic nitrogens is 2. The zero-order valence-electron chi connectivity index (χ0n) is 21.4. The lowest BCUT2D eigenvalue weighted by molar-refractivity contribution is -0.0756. The Labute approximate surface area is 217 Å². The summed E-state index contributed by atoms with van der Waals surface area (Å²) >= 11 is 1.56. The first kappa shape index (κ1) is 24.9. The minimum Gasteiger partial charge on any atom is -0.369 e. The number of carbonyl (C=O) groups is 1. The summed E-state index contributed by atoms with van der Waals surface area (Å²) < 4.78 is 0. The van der Waals surface area contributed by atoms with Crippen LogP contribution in [0.3, 0.4) is 0 Å². The van der Waals surface area contributed by atoms with E-state index in [1.165, 1.54) is 43.5 Å². The summed E-state index contributed by atoms with van der Waals surface area (Å²) in [7, 11) is 3.07. The maximum absolute atomic E-state index is 12.2. The number of benzene rings is 2. The topological polar surface area (TPSA) is 61.8 Å². The van der Waals surface area contributed by atoms with E-state index in [1.807, 2.05) is 12.1 Å². The van der Waals surface area contributed by atoms with Crippen molar-refractivity contribution < 1.29 is 9.63 Å². The fourth-order valence-electron chi connectivity index (χ4n) is 5.24. The molecule has 36 heavy (non-hydrogen) atoms. The first-order valence-electron chi connectivity index (χ1n) is 12.9. The first-order chi connectivity index (χ1) is 17.5. The van der Waals surface area contributed by atoms with Gasteiger partial charge in [-0.05, 0) is 68.0 Å². The van der Waals surface area contributed by atoms with Gasteiger partial charge in [-0.25, -0.2) is 5.06 Å². The third-order valence-corrected chi connectivity index (χ3v) is 8.68. The molecule has 0 unspecified atom stereocenters. The van der Waals surface area contributed by atoms with Crippen molar-refractivity contribution in [3.05, 3.63) is 54.1 Å². The van der Waals surface area contributed by atoms with Crippen LogP contribution in [0.4, 0.5) is 5.69 Å². The van der Waals surface area contributed by atoms with Gasteiger partial charge in [0, 0.05) is 61.6 Å². The molecule has 190 valence electrons. The second kappa shape index (κ2) is 11.1. The SMILES string of the molecule is CON(C)C(=O)c1ccc(-c2nnc(-c3ccc(N4CCN([C@H]5CC[C@@H](C)CC5)CC4)cc3)s2)cc1. The van der Waals surface area contributed by atoms with Gasteiger partial charge in [-0.15, -0.1) is 10.2 Å². The van der Waals surface area contributed by atoms with Gasteiger partial charge in [0.15, 0.2) is 0 Å². The molecule has 1 saturated carbocycles. The molecule has 1 aliphatic carbocycles. The molecule has 7 nitrogen and oxygen atoms in total. The average Bonchev–Trinajstić information content (AvgIpc) is 3.43. The Balaban J connectivity index is 1.19. The first-order valence-corrected chi connectivity index (χ1v) is 13.7. The Morgan fingerprint density at radius 2 is 1.44 bits per heavy atom. The van der Waals surface area contributed by atoms with Crippen molar-refractivity contribution in [2.45, 2.75) is 38.6 Å². The minimum atomic E-state index is -0.188. The van der Waals surface area contributed by atoms with Gasteiger partial charge in [-0.2, -0.15) is 0 Å². The maximum atomic E-state index is 12.2. The molecule has 1 aliphatic heterocycles. The Morgan fingerprint density at radius 3 is 2.00 bits per heavy atom. The molecule has 3 aromatic rings. The lowest BCUT2D eigenvalue weighted by Gasteiger charge is -2.42. The van der Waals surface area contributed by atoms with Crippen LogP contribution in [0.15, 0.2) is 48.5 Å². The van der Waals surface area contributed by atoms with Crippen molar-refractivity contribution in [2.24, 2.45) is 5.92 Å². The zero-order chi connectivity index (χ0) is 25.1. The second-order valence-electron chi connectivity index (χ2n) is 9.96. The summed E-state index contributed by atoms with van der Waals surface area (Å²) in [6.45, 7) is 6.89. The fourth-order valence-corrected chi connectivity index (χ4v) is 6.10. The van der Waals surface area contributed by atoms with Gasteiger partial charge < -0.3 is 4.90 Å². The predicted octanol–water partition coefficient (Wildman–Crippen LogP) is 5.21. The molecule has 0 radical (unpaired) electrons. The van der Waals surface area contributed by atoms with Gasteiger partial charge in [-0.1, -0.05) is 30.4 Å². The number of anilines is 1. The van der Waals surface area contributed by atoms with E-state index in [0.29, 0.717) is 5.56 Å². The Morgan fingerprint density at radius 1 is 0.889 bits per heavy atom. The largest absolute Gasteiger partial charge is 0.369 e. The van der Waals surface area contributed by atoms with Gasteiger partial charge in [0.05, 0.1) is 7.11 Å². The number of rotatable bonds is 6. The van der Waals surface area contributed by atoms with Crippen molar-refractivity contribution in [1.29, 1.82) is 0 Å². The molecule has 1 saturated heterocycles. The zero-order valence-corrected chi connectivity index (χ0v) is 22.2. The molecule has 0 atom stereocenters. The molecule has 1 aromatic heterocycles. The van der Waals surface area contributed by atoms with Crippen LogP contribution < -0.4 is 4.90 Å². The number of hydroxylamine groups is 2. The van der Waals surface area contributed by atoms with Crippen molar-refractivity contribution in [1.82, 2.24) is 20.2 Å². The monoisotopic (exact) mass is 505 g/mol. The highest BCUT2D eigenvalue weighted by Crippen LogP contribution is 2.32. The summed E-state index contributed by atoms with van der Waals surface area (Å²) in [5.41, 5.74) is 3.86. The van der Waals surface area contributed by atoms with Gasteiger partial charge in [0.1, 0.15) is 10.0 Å². The highest BCUT2D eigenvalue weighted by molar-refractivity contribution is 7.17. The Hall–Kier alpha value is -2.81. The quantitative estimate of drug-likeness (QED) is 0.429. The molecule has 2 aliphatic rings. The molecular formula is C28H35N5O2S. The molecule has 2 aromatic carbocycles. The highest BCUT2D eigenvalue weighted by atomic mass is 32.1. The summed E-state index contributed by atoms with van der Waals surface area (Å²) in [5, 5.41) is 11.8. The lowest BCUT2D eigenvalue weighted by atomic mass is 9.86. The van der Waals surface area contributed by atoms with Crippen LogP contribution in [-0.2, 0) is 4.84 Å². The lowest BCUT2D eigenvalue weighted by Crippen LogP contribution is -2.51. The standard InChI is InChI=1S/C28H35N5O2S/c1-20-4-12-24(13-5-20)32-16-18-33(19-17-32)25-14-10-22(11-15-25)27-30-29-26(36-27)21-6-8-23(9-7-21)28(34)31(2)35-3/h6-11,14-15,20,24H,4-5,12-13,16-19H2,1-3H3/t20-,24+. The molecule has 0 bridgehead atoms. The summed E-state index contributed by atoms with van der Waals surface area (Å²) in [6.07, 6.45) is 5.51. The smallest absolute Gasteiger partial charge is 0.277 e. The average molecular weight is 506 g/mol. The van der Waals surface area contributed by atoms with Crippen LogP contribution in [0.1, 0.15) is 43.0 Å². The van der Waals surface area contributed by atoms with Gasteiger partial charge in [-0.3, -0.25) is 14.5 Å². The number of piperazine rings is 1. The predicted molar refractivity (Wildman–Crippen MR) is 145 cm³/mol. The van der Waals surface area contributed by atoms with Crippen LogP contribution in [0.25, 0.3) is 21.1 Å².